The molecule has 1 amide bonds. The third kappa shape index (κ3) is 8.12. The second kappa shape index (κ2) is 10.7. The van der Waals surface area contributed by atoms with E-state index in [9.17, 15) is 13.2 Å². The van der Waals surface area contributed by atoms with Gasteiger partial charge in [0, 0.05) is 11.3 Å². The van der Waals surface area contributed by atoms with Crippen LogP contribution in [0.2, 0.25) is 0 Å². The Hall–Kier alpha value is -1.12. The molecule has 24 heavy (non-hydrogen) atoms. The van der Waals surface area contributed by atoms with E-state index in [0.29, 0.717) is 11.3 Å². The van der Waals surface area contributed by atoms with Crippen molar-refractivity contribution in [3.05, 3.63) is 29.8 Å². The fraction of sp³-hybridized carbons (Fsp3) is 0.562. The Balaban J connectivity index is 0.00000529. The van der Waals surface area contributed by atoms with Crippen LogP contribution in [0.3, 0.4) is 0 Å². The van der Waals surface area contributed by atoms with Crippen LogP contribution >= 0.6 is 17.0 Å². The van der Waals surface area contributed by atoms with E-state index in [1.54, 1.807) is 24.3 Å². The van der Waals surface area contributed by atoms with Gasteiger partial charge in [0.2, 0.25) is 10.0 Å². The molecule has 1 atom stereocenters. The van der Waals surface area contributed by atoms with Gasteiger partial charge >= 0.3 is 0 Å². The van der Waals surface area contributed by atoms with Gasteiger partial charge in [-0.05, 0) is 57.1 Å². The molecule has 1 aromatic rings. The summed E-state index contributed by atoms with van der Waals surface area (Å²) in [5.41, 5.74) is 0.944. The van der Waals surface area contributed by atoms with Crippen LogP contribution in [0.4, 0.5) is 5.69 Å². The molecule has 1 rings (SSSR count). The lowest BCUT2D eigenvalue weighted by Crippen LogP contribution is -2.46. The summed E-state index contributed by atoms with van der Waals surface area (Å²) in [4.78, 5) is 14.5. The first-order chi connectivity index (χ1) is 10.8. The van der Waals surface area contributed by atoms with Crippen LogP contribution in [-0.2, 0) is 10.0 Å². The van der Waals surface area contributed by atoms with Crippen LogP contribution in [0.15, 0.2) is 24.3 Å². The smallest absolute Gasteiger partial charge is 0.252 e. The largest absolute Gasteiger partial charge is 0.337 e. The molecule has 1 unspecified atom stereocenters. The molecule has 0 aromatic heterocycles. The van der Waals surface area contributed by atoms with Crippen molar-refractivity contribution in [2.75, 3.05) is 24.1 Å². The zero-order valence-electron chi connectivity index (χ0n) is 14.7. The number of benzene rings is 1. The summed E-state index contributed by atoms with van der Waals surface area (Å²) in [6, 6.07) is 6.38. The maximum atomic E-state index is 12.3. The first kappa shape index (κ1) is 22.9. The van der Waals surface area contributed by atoms with Crippen LogP contribution < -0.4 is 10.0 Å². The molecular formula is C16H28BrN3O3S. The Kier molecular flexibility index (Phi) is 10.2. The minimum atomic E-state index is -3.31. The number of rotatable bonds is 9. The molecule has 0 heterocycles. The standard InChI is InChI=1S/C16H27N3O3S.BrH/c1-5-11-19(12-6-2)13(3)17-16(20)14-7-9-15(10-8-14)18-23(4,21)22;/h7-10,13,18H,5-6,11-12H2,1-4H3,(H,17,20);1H. The van der Waals surface area contributed by atoms with Crippen LogP contribution in [-0.4, -0.2) is 44.7 Å². The first-order valence-corrected chi connectivity index (χ1v) is 9.78. The van der Waals surface area contributed by atoms with E-state index >= 15 is 0 Å². The summed E-state index contributed by atoms with van der Waals surface area (Å²) in [6.07, 6.45) is 3.11. The molecule has 0 spiro atoms. The van der Waals surface area contributed by atoms with E-state index in [-0.39, 0.29) is 29.1 Å². The van der Waals surface area contributed by atoms with Crippen molar-refractivity contribution in [1.82, 2.24) is 10.2 Å². The molecule has 0 saturated carbocycles. The van der Waals surface area contributed by atoms with Gasteiger partial charge in [0.25, 0.3) is 5.91 Å². The molecule has 0 aliphatic rings. The highest BCUT2D eigenvalue weighted by Crippen LogP contribution is 2.11. The van der Waals surface area contributed by atoms with Gasteiger partial charge in [0.15, 0.2) is 0 Å². The minimum Gasteiger partial charge on any atom is -0.337 e. The number of nitrogens with zero attached hydrogens (tertiary/aromatic N) is 1. The number of sulfonamides is 1. The second-order valence-corrected chi connectivity index (χ2v) is 7.39. The second-order valence-electron chi connectivity index (χ2n) is 5.64. The summed E-state index contributed by atoms with van der Waals surface area (Å²) >= 11 is 0. The topological polar surface area (TPSA) is 78.5 Å². The Morgan fingerprint density at radius 2 is 1.62 bits per heavy atom. The zero-order valence-corrected chi connectivity index (χ0v) is 17.2. The quantitative estimate of drug-likeness (QED) is 0.600. The van der Waals surface area contributed by atoms with Crippen LogP contribution in [0.25, 0.3) is 0 Å². The number of carbonyl (C=O) groups is 1. The highest BCUT2D eigenvalue weighted by Gasteiger charge is 2.15. The Morgan fingerprint density at radius 3 is 2.04 bits per heavy atom. The third-order valence-corrected chi connectivity index (χ3v) is 3.97. The molecule has 0 saturated heterocycles. The van der Waals surface area contributed by atoms with Crippen molar-refractivity contribution >= 4 is 38.6 Å². The third-order valence-electron chi connectivity index (χ3n) is 3.36. The van der Waals surface area contributed by atoms with Gasteiger partial charge in [-0.1, -0.05) is 13.8 Å². The molecule has 2 N–H and O–H groups in total. The van der Waals surface area contributed by atoms with Crippen LogP contribution in [0.1, 0.15) is 44.0 Å². The molecular weight excluding hydrogens is 394 g/mol. The van der Waals surface area contributed by atoms with Crippen LogP contribution in [0, 0.1) is 0 Å². The lowest BCUT2D eigenvalue weighted by Gasteiger charge is -2.29. The maximum absolute atomic E-state index is 12.3. The van der Waals surface area contributed by atoms with Gasteiger partial charge in [-0.3, -0.25) is 14.4 Å². The average Bonchev–Trinajstić information content (AvgIpc) is 2.46. The number of halogens is 1. The lowest BCUT2D eigenvalue weighted by molar-refractivity contribution is 0.0864. The molecule has 138 valence electrons. The number of anilines is 1. The number of nitrogens with one attached hydrogen (secondary N) is 2. The van der Waals surface area contributed by atoms with Gasteiger partial charge in [-0.2, -0.15) is 0 Å². The average molecular weight is 422 g/mol. The highest BCUT2D eigenvalue weighted by molar-refractivity contribution is 8.93. The summed E-state index contributed by atoms with van der Waals surface area (Å²) in [6.45, 7) is 8.08. The van der Waals surface area contributed by atoms with E-state index in [1.807, 2.05) is 6.92 Å². The fourth-order valence-corrected chi connectivity index (χ4v) is 2.91. The Bertz CT molecular complexity index is 599. The van der Waals surface area contributed by atoms with Crippen molar-refractivity contribution in [3.63, 3.8) is 0 Å². The normalized spacial score (nSPS) is 12.4. The number of carbonyl (C=O) groups excluding carboxylic acids is 1. The Labute approximate surface area is 155 Å². The zero-order chi connectivity index (χ0) is 17.5. The maximum Gasteiger partial charge on any atom is 0.252 e. The van der Waals surface area contributed by atoms with E-state index in [1.165, 1.54) is 0 Å². The van der Waals surface area contributed by atoms with Crippen molar-refractivity contribution in [1.29, 1.82) is 0 Å². The monoisotopic (exact) mass is 421 g/mol. The molecule has 0 radical (unpaired) electrons. The van der Waals surface area contributed by atoms with Crippen molar-refractivity contribution in [2.24, 2.45) is 0 Å². The molecule has 0 aliphatic heterocycles. The predicted molar refractivity (Wildman–Crippen MR) is 104 cm³/mol. The number of hydrogen-bond acceptors (Lipinski definition) is 4. The van der Waals surface area contributed by atoms with Crippen molar-refractivity contribution in [2.45, 2.75) is 39.8 Å². The minimum absolute atomic E-state index is 0. The molecule has 1 aromatic carbocycles. The SMILES string of the molecule is Br.CCCN(CCC)C(C)NC(=O)c1ccc(NS(C)(=O)=O)cc1. The predicted octanol–water partition coefficient (Wildman–Crippen LogP) is 2.83. The van der Waals surface area contributed by atoms with Crippen molar-refractivity contribution < 1.29 is 13.2 Å². The van der Waals surface area contributed by atoms with Crippen LogP contribution in [0.5, 0.6) is 0 Å². The molecule has 0 aliphatic carbocycles. The highest BCUT2D eigenvalue weighted by atomic mass is 79.9. The van der Waals surface area contributed by atoms with Gasteiger partial charge < -0.3 is 5.32 Å². The van der Waals surface area contributed by atoms with Gasteiger partial charge in [0.05, 0.1) is 12.4 Å². The number of amides is 1. The molecule has 0 bridgehead atoms. The van der Waals surface area contributed by atoms with Gasteiger partial charge in [0.1, 0.15) is 0 Å². The lowest BCUT2D eigenvalue weighted by atomic mass is 10.2. The summed E-state index contributed by atoms with van der Waals surface area (Å²) in [5, 5.41) is 2.98. The molecule has 8 heteroatoms. The van der Waals surface area contributed by atoms with Gasteiger partial charge in [-0.15, -0.1) is 17.0 Å². The van der Waals surface area contributed by atoms with E-state index in [2.05, 4.69) is 28.8 Å². The summed E-state index contributed by atoms with van der Waals surface area (Å²) < 4.78 is 24.7. The fourth-order valence-electron chi connectivity index (χ4n) is 2.34. The van der Waals surface area contributed by atoms with E-state index < -0.39 is 10.0 Å². The van der Waals surface area contributed by atoms with E-state index in [0.717, 1.165) is 32.2 Å². The van der Waals surface area contributed by atoms with Crippen molar-refractivity contribution in [3.8, 4) is 0 Å². The van der Waals surface area contributed by atoms with Gasteiger partial charge in [-0.25, -0.2) is 8.42 Å². The first-order valence-electron chi connectivity index (χ1n) is 7.89. The van der Waals surface area contributed by atoms with E-state index in [4.69, 9.17) is 0 Å². The Morgan fingerprint density at radius 1 is 1.12 bits per heavy atom. The summed E-state index contributed by atoms with van der Waals surface area (Å²) in [7, 11) is -3.31. The molecule has 0 fully saturated rings. The number of hydrogen-bond donors (Lipinski definition) is 2. The molecule has 6 nitrogen and oxygen atoms in total. The summed E-state index contributed by atoms with van der Waals surface area (Å²) in [5.74, 6) is -0.166.